The minimum Gasteiger partial charge on any atom is -0.275 e. The number of rotatable bonds is 0. The van der Waals surface area contributed by atoms with Gasteiger partial charge in [-0.05, 0) is 6.42 Å². The van der Waals surface area contributed by atoms with Crippen LogP contribution in [0.25, 0.3) is 0 Å². The average molecular weight is 313 g/mol. The second-order valence-electron chi connectivity index (χ2n) is 3.77. The summed E-state index contributed by atoms with van der Waals surface area (Å²) >= 11 is 0. The first kappa shape index (κ1) is 16.3. The van der Waals surface area contributed by atoms with Crippen LogP contribution in [0.5, 0.6) is 0 Å². The van der Waals surface area contributed by atoms with E-state index in [1.54, 1.807) is 0 Å². The first-order chi connectivity index (χ1) is 8.00. The van der Waals surface area contributed by atoms with Gasteiger partial charge < -0.3 is 0 Å². The van der Waals surface area contributed by atoms with Gasteiger partial charge in [-0.3, -0.25) is 12.2 Å². The predicted octanol–water partition coefficient (Wildman–Crippen LogP) is 4.73. The fraction of sp³-hybridized carbons (Fsp3) is 0.375. The smallest absolute Gasteiger partial charge is 0.275 e. The van der Waals surface area contributed by atoms with Gasteiger partial charge in [0, 0.05) is 0 Å². The summed E-state index contributed by atoms with van der Waals surface area (Å²) in [5.74, 6) is 0. The van der Waals surface area contributed by atoms with E-state index in [4.69, 9.17) is 0 Å². The summed E-state index contributed by atoms with van der Waals surface area (Å²) in [5.41, 5.74) is 0. The van der Waals surface area contributed by atoms with Gasteiger partial charge in [-0.2, -0.15) is 6.08 Å². The van der Waals surface area contributed by atoms with E-state index in [1.165, 1.54) is 19.3 Å². The summed E-state index contributed by atoms with van der Waals surface area (Å²) < 4.78 is 0. The van der Waals surface area contributed by atoms with Crippen LogP contribution in [-0.4, -0.2) is 0 Å². The third kappa shape index (κ3) is 11.6. The molecule has 0 bridgehead atoms. The van der Waals surface area contributed by atoms with Crippen molar-refractivity contribution in [2.24, 2.45) is 0 Å². The molecule has 0 nitrogen and oxygen atoms in total. The minimum absolute atomic E-state index is 0. The summed E-state index contributed by atoms with van der Waals surface area (Å²) in [6, 6.07) is 0. The van der Waals surface area contributed by atoms with Gasteiger partial charge in [0.2, 0.25) is 0 Å². The second-order valence-corrected chi connectivity index (χ2v) is 3.77. The summed E-state index contributed by atoms with van der Waals surface area (Å²) in [6.07, 6.45) is 30.0. The van der Waals surface area contributed by atoms with Crippen molar-refractivity contribution in [2.75, 3.05) is 0 Å². The normalized spacial score (nSPS) is 19.8. The van der Waals surface area contributed by atoms with Crippen molar-refractivity contribution >= 4 is 0 Å². The molecule has 1 heteroatoms. The molecular formula is C16H20Ru. The number of hydrogen-bond acceptors (Lipinski definition) is 0. The van der Waals surface area contributed by atoms with Gasteiger partial charge in [0.1, 0.15) is 0 Å². The Morgan fingerprint density at radius 2 is 1.41 bits per heavy atom. The van der Waals surface area contributed by atoms with E-state index in [9.17, 15) is 0 Å². The van der Waals surface area contributed by atoms with E-state index >= 15 is 0 Å². The van der Waals surface area contributed by atoms with Crippen molar-refractivity contribution in [1.29, 1.82) is 0 Å². The molecule has 0 fully saturated rings. The van der Waals surface area contributed by atoms with Crippen molar-refractivity contribution in [2.45, 2.75) is 38.5 Å². The predicted molar refractivity (Wildman–Crippen MR) is 70.7 cm³/mol. The van der Waals surface area contributed by atoms with Gasteiger partial charge in [0.15, 0.2) is 0 Å². The quantitative estimate of drug-likeness (QED) is 0.448. The molecule has 0 aromatic carbocycles. The zero-order chi connectivity index (χ0) is 11.3. The van der Waals surface area contributed by atoms with Crippen LogP contribution in [0.2, 0.25) is 0 Å². The zero-order valence-electron chi connectivity index (χ0n) is 10.2. The summed E-state index contributed by atoms with van der Waals surface area (Å²) in [4.78, 5) is 0. The van der Waals surface area contributed by atoms with E-state index in [1.807, 2.05) is 24.3 Å². The van der Waals surface area contributed by atoms with E-state index in [-0.39, 0.29) is 19.5 Å². The van der Waals surface area contributed by atoms with Crippen LogP contribution in [0.1, 0.15) is 38.5 Å². The number of hydrogen-bond donors (Lipinski definition) is 0. The molecule has 0 heterocycles. The molecule has 17 heavy (non-hydrogen) atoms. The molecule has 0 spiro atoms. The molecular weight excluding hydrogens is 293 g/mol. The van der Waals surface area contributed by atoms with Crippen LogP contribution < -0.4 is 0 Å². The van der Waals surface area contributed by atoms with Crippen LogP contribution in [0, 0.1) is 12.2 Å². The Balaban J connectivity index is 0.000000284. The average Bonchev–Trinajstić information content (AvgIpc) is 2.15. The largest absolute Gasteiger partial charge is 2.00 e. The summed E-state index contributed by atoms with van der Waals surface area (Å²) in [6.45, 7) is 0. The third-order valence-corrected chi connectivity index (χ3v) is 2.32. The summed E-state index contributed by atoms with van der Waals surface area (Å²) in [7, 11) is 0. The van der Waals surface area contributed by atoms with Crippen molar-refractivity contribution in [1.82, 2.24) is 0 Å². The fourth-order valence-corrected chi connectivity index (χ4v) is 1.42. The first-order valence-electron chi connectivity index (χ1n) is 6.10. The van der Waals surface area contributed by atoms with Crippen molar-refractivity contribution < 1.29 is 19.5 Å². The maximum atomic E-state index is 3.18. The van der Waals surface area contributed by atoms with Gasteiger partial charge in [-0.15, -0.1) is 18.9 Å². The summed E-state index contributed by atoms with van der Waals surface area (Å²) in [5, 5.41) is 0. The number of allylic oxidation sites excluding steroid dienone is 10. The van der Waals surface area contributed by atoms with Crippen molar-refractivity contribution in [3.63, 3.8) is 0 Å². The Labute approximate surface area is 119 Å². The molecule has 0 unspecified atom stereocenters. The van der Waals surface area contributed by atoms with Gasteiger partial charge in [0.25, 0.3) is 0 Å². The topological polar surface area (TPSA) is 0 Å². The van der Waals surface area contributed by atoms with Gasteiger partial charge in [0.05, 0.1) is 0 Å². The molecule has 0 saturated carbocycles. The van der Waals surface area contributed by atoms with Crippen LogP contribution in [0.15, 0.2) is 48.6 Å². The molecule has 0 radical (unpaired) electrons. The maximum absolute atomic E-state index is 3.18. The Kier molecular flexibility index (Phi) is 12.9. The monoisotopic (exact) mass is 314 g/mol. The van der Waals surface area contributed by atoms with Gasteiger partial charge in [-0.1, -0.05) is 31.4 Å². The molecule has 0 aromatic rings. The molecule has 2 aliphatic rings. The van der Waals surface area contributed by atoms with Crippen LogP contribution in [-0.2, 0) is 19.5 Å². The van der Waals surface area contributed by atoms with Gasteiger partial charge in [-0.25, -0.2) is 24.3 Å². The molecule has 0 aliphatic heterocycles. The standard InChI is InChI=1S/C8H11.C8H9.Ru/c2*1-2-4-6-8-7-5-3-1;/h1-3H,4,6-8H2;1-5H,6,8H2;/q2*-1;+2/b2-1-;;. The van der Waals surface area contributed by atoms with E-state index < -0.39 is 0 Å². The Morgan fingerprint density at radius 1 is 0.647 bits per heavy atom. The Morgan fingerprint density at radius 3 is 2.35 bits per heavy atom. The molecule has 0 saturated heterocycles. The minimum atomic E-state index is 0. The Hall–Kier alpha value is -0.677. The molecule has 0 N–H and O–H groups in total. The van der Waals surface area contributed by atoms with Crippen LogP contribution >= 0.6 is 0 Å². The molecule has 2 rings (SSSR count). The SMILES string of the molecule is [C-]1=C/C=C\CCCC1.[C-]1=CC=CC=CCC1.[Ru+2]. The van der Waals surface area contributed by atoms with E-state index in [2.05, 4.69) is 36.5 Å². The molecule has 0 atom stereocenters. The Bertz CT molecular complexity index is 263. The molecule has 0 aromatic heterocycles. The molecule has 0 amide bonds. The molecule has 2 aliphatic carbocycles. The van der Waals surface area contributed by atoms with E-state index in [0.717, 1.165) is 19.3 Å². The van der Waals surface area contributed by atoms with Crippen molar-refractivity contribution in [3.8, 4) is 0 Å². The van der Waals surface area contributed by atoms with E-state index in [0.29, 0.717) is 0 Å². The molecule has 92 valence electrons. The zero-order valence-corrected chi connectivity index (χ0v) is 12.0. The van der Waals surface area contributed by atoms with Crippen LogP contribution in [0.4, 0.5) is 0 Å². The fourth-order valence-electron chi connectivity index (χ4n) is 1.42. The van der Waals surface area contributed by atoms with Gasteiger partial charge >= 0.3 is 19.5 Å². The second kappa shape index (κ2) is 13.4. The maximum Gasteiger partial charge on any atom is 2.00 e. The van der Waals surface area contributed by atoms with Crippen molar-refractivity contribution in [3.05, 3.63) is 60.8 Å². The third-order valence-electron chi connectivity index (χ3n) is 2.32. The van der Waals surface area contributed by atoms with Crippen LogP contribution in [0.3, 0.4) is 0 Å². The first-order valence-corrected chi connectivity index (χ1v) is 6.10.